The summed E-state index contributed by atoms with van der Waals surface area (Å²) in [6.45, 7) is 9.52. The van der Waals surface area contributed by atoms with E-state index in [0.29, 0.717) is 23.6 Å². The van der Waals surface area contributed by atoms with Crippen molar-refractivity contribution < 1.29 is 19.1 Å². The van der Waals surface area contributed by atoms with Crippen LogP contribution in [0.25, 0.3) is 0 Å². The summed E-state index contributed by atoms with van der Waals surface area (Å²) in [5.41, 5.74) is 3.85. The first-order valence-electron chi connectivity index (χ1n) is 8.64. The second-order valence-electron chi connectivity index (χ2n) is 6.27. The van der Waals surface area contributed by atoms with Crippen molar-refractivity contribution in [3.05, 3.63) is 58.7 Å². The average molecular weight is 355 g/mol. The van der Waals surface area contributed by atoms with Crippen LogP contribution in [0.1, 0.15) is 40.9 Å². The second-order valence-corrected chi connectivity index (χ2v) is 6.27. The Morgan fingerprint density at radius 2 is 1.73 bits per heavy atom. The molecule has 0 saturated carbocycles. The SMILES string of the molecule is CCOC(=O)c1ccc(C)c(NC(=O)[C@H](C)Oc2cc(C)ccc2C)c1. The fraction of sp³-hybridized carbons (Fsp3) is 0.333. The number of amides is 1. The molecule has 5 heteroatoms. The fourth-order valence-corrected chi connectivity index (χ4v) is 2.41. The van der Waals surface area contributed by atoms with E-state index < -0.39 is 12.1 Å². The lowest BCUT2D eigenvalue weighted by atomic mass is 10.1. The van der Waals surface area contributed by atoms with Crippen molar-refractivity contribution in [2.45, 2.75) is 40.7 Å². The number of carbonyl (C=O) groups excluding carboxylic acids is 2. The van der Waals surface area contributed by atoms with E-state index in [1.807, 2.05) is 39.0 Å². The molecule has 1 atom stereocenters. The van der Waals surface area contributed by atoms with Gasteiger partial charge in [-0.3, -0.25) is 4.79 Å². The van der Waals surface area contributed by atoms with Gasteiger partial charge in [0.05, 0.1) is 12.2 Å². The van der Waals surface area contributed by atoms with Gasteiger partial charge in [-0.25, -0.2) is 4.79 Å². The van der Waals surface area contributed by atoms with E-state index in [4.69, 9.17) is 9.47 Å². The minimum atomic E-state index is -0.679. The molecule has 0 aliphatic rings. The first kappa shape index (κ1) is 19.5. The van der Waals surface area contributed by atoms with Gasteiger partial charge in [-0.1, -0.05) is 18.2 Å². The number of hydrogen-bond acceptors (Lipinski definition) is 4. The highest BCUT2D eigenvalue weighted by molar-refractivity contribution is 5.97. The summed E-state index contributed by atoms with van der Waals surface area (Å²) >= 11 is 0. The van der Waals surface area contributed by atoms with E-state index in [0.717, 1.165) is 16.7 Å². The van der Waals surface area contributed by atoms with Crippen LogP contribution in [0.15, 0.2) is 36.4 Å². The number of benzene rings is 2. The highest BCUT2D eigenvalue weighted by Crippen LogP contribution is 2.22. The highest BCUT2D eigenvalue weighted by Gasteiger charge is 2.18. The largest absolute Gasteiger partial charge is 0.481 e. The van der Waals surface area contributed by atoms with E-state index >= 15 is 0 Å². The molecule has 138 valence electrons. The van der Waals surface area contributed by atoms with E-state index in [1.165, 1.54) is 0 Å². The fourth-order valence-electron chi connectivity index (χ4n) is 2.41. The Morgan fingerprint density at radius 1 is 1.04 bits per heavy atom. The number of ether oxygens (including phenoxy) is 2. The molecule has 1 N–H and O–H groups in total. The zero-order valence-electron chi connectivity index (χ0n) is 15.9. The van der Waals surface area contributed by atoms with Crippen molar-refractivity contribution >= 4 is 17.6 Å². The first-order chi connectivity index (χ1) is 12.3. The molecule has 5 nitrogen and oxygen atoms in total. The number of rotatable bonds is 6. The van der Waals surface area contributed by atoms with Gasteiger partial charge in [0.1, 0.15) is 5.75 Å². The summed E-state index contributed by atoms with van der Waals surface area (Å²) in [6.07, 6.45) is -0.679. The minimum Gasteiger partial charge on any atom is -0.481 e. The Labute approximate surface area is 154 Å². The average Bonchev–Trinajstić information content (AvgIpc) is 2.60. The van der Waals surface area contributed by atoms with Gasteiger partial charge >= 0.3 is 5.97 Å². The van der Waals surface area contributed by atoms with Crippen LogP contribution < -0.4 is 10.1 Å². The molecule has 0 saturated heterocycles. The number of hydrogen-bond donors (Lipinski definition) is 1. The standard InChI is InChI=1S/C21H25NO4/c1-6-25-21(24)17-10-9-14(3)18(12-17)22-20(23)16(5)26-19-11-13(2)7-8-15(19)4/h7-12,16H,6H2,1-5H3,(H,22,23)/t16-/m0/s1. The third kappa shape index (κ3) is 4.85. The van der Waals surface area contributed by atoms with Crippen molar-refractivity contribution in [1.29, 1.82) is 0 Å². The summed E-state index contributed by atoms with van der Waals surface area (Å²) < 4.78 is 10.8. The molecule has 0 aliphatic heterocycles. The number of esters is 1. The lowest BCUT2D eigenvalue weighted by molar-refractivity contribution is -0.122. The lowest BCUT2D eigenvalue weighted by Crippen LogP contribution is -2.30. The van der Waals surface area contributed by atoms with Gasteiger partial charge < -0.3 is 14.8 Å². The molecule has 2 aromatic rings. The van der Waals surface area contributed by atoms with Crippen LogP contribution in [0.3, 0.4) is 0 Å². The molecule has 0 bridgehead atoms. The molecule has 0 aromatic heterocycles. The zero-order chi connectivity index (χ0) is 19.3. The normalized spacial score (nSPS) is 11.6. The Bertz CT molecular complexity index is 814. The second kappa shape index (κ2) is 8.52. The predicted octanol–water partition coefficient (Wildman–Crippen LogP) is 4.19. The Morgan fingerprint density at radius 3 is 2.42 bits per heavy atom. The number of carbonyl (C=O) groups is 2. The van der Waals surface area contributed by atoms with E-state index in [-0.39, 0.29) is 5.91 Å². The molecule has 2 rings (SSSR count). The maximum Gasteiger partial charge on any atom is 0.338 e. The molecule has 0 radical (unpaired) electrons. The van der Waals surface area contributed by atoms with Gasteiger partial charge in [-0.2, -0.15) is 0 Å². The predicted molar refractivity (Wildman–Crippen MR) is 102 cm³/mol. The van der Waals surface area contributed by atoms with Gasteiger partial charge in [-0.15, -0.1) is 0 Å². The van der Waals surface area contributed by atoms with Gasteiger partial charge in [-0.05, 0) is 69.5 Å². The molecule has 2 aromatic carbocycles. The van der Waals surface area contributed by atoms with Gasteiger partial charge in [0.15, 0.2) is 6.10 Å². The van der Waals surface area contributed by atoms with Gasteiger partial charge in [0.25, 0.3) is 5.91 Å². The topological polar surface area (TPSA) is 64.6 Å². The van der Waals surface area contributed by atoms with Crippen LogP contribution in [0.5, 0.6) is 5.75 Å². The smallest absolute Gasteiger partial charge is 0.338 e. The molecule has 1 amide bonds. The molecule has 0 aliphatic carbocycles. The van der Waals surface area contributed by atoms with Crippen LogP contribution in [0.4, 0.5) is 5.69 Å². The minimum absolute atomic E-state index is 0.282. The molecule has 0 heterocycles. The quantitative estimate of drug-likeness (QED) is 0.789. The highest BCUT2D eigenvalue weighted by atomic mass is 16.5. The summed E-state index contributed by atoms with van der Waals surface area (Å²) in [6, 6.07) is 10.9. The maximum absolute atomic E-state index is 12.5. The molecule has 0 spiro atoms. The van der Waals surface area contributed by atoms with Crippen LogP contribution in [0.2, 0.25) is 0 Å². The molecular weight excluding hydrogens is 330 g/mol. The van der Waals surface area contributed by atoms with Crippen molar-refractivity contribution in [3.8, 4) is 5.75 Å². The third-order valence-corrected chi connectivity index (χ3v) is 4.02. The van der Waals surface area contributed by atoms with Crippen LogP contribution in [0, 0.1) is 20.8 Å². The summed E-state index contributed by atoms with van der Waals surface area (Å²) in [7, 11) is 0. The maximum atomic E-state index is 12.5. The Hall–Kier alpha value is -2.82. The first-order valence-corrected chi connectivity index (χ1v) is 8.64. The van der Waals surface area contributed by atoms with Crippen LogP contribution >= 0.6 is 0 Å². The van der Waals surface area contributed by atoms with E-state index in [9.17, 15) is 9.59 Å². The summed E-state index contributed by atoms with van der Waals surface area (Å²) in [4.78, 5) is 24.4. The molecule has 26 heavy (non-hydrogen) atoms. The van der Waals surface area contributed by atoms with Crippen molar-refractivity contribution in [3.63, 3.8) is 0 Å². The third-order valence-electron chi connectivity index (χ3n) is 4.02. The van der Waals surface area contributed by atoms with Gasteiger partial charge in [0.2, 0.25) is 0 Å². The van der Waals surface area contributed by atoms with Crippen LogP contribution in [-0.4, -0.2) is 24.6 Å². The molecule has 0 fully saturated rings. The molecule has 0 unspecified atom stereocenters. The Kier molecular flexibility index (Phi) is 6.39. The number of anilines is 1. The van der Waals surface area contributed by atoms with E-state index in [2.05, 4.69) is 5.32 Å². The monoisotopic (exact) mass is 355 g/mol. The number of nitrogens with one attached hydrogen (secondary N) is 1. The van der Waals surface area contributed by atoms with Gasteiger partial charge in [0, 0.05) is 5.69 Å². The van der Waals surface area contributed by atoms with Crippen LogP contribution in [-0.2, 0) is 9.53 Å². The number of aryl methyl sites for hydroxylation is 3. The Balaban J connectivity index is 2.12. The zero-order valence-corrected chi connectivity index (χ0v) is 15.9. The van der Waals surface area contributed by atoms with Crippen molar-refractivity contribution in [1.82, 2.24) is 0 Å². The van der Waals surface area contributed by atoms with E-state index in [1.54, 1.807) is 32.0 Å². The molecular formula is C21H25NO4. The van der Waals surface area contributed by atoms with Crippen molar-refractivity contribution in [2.75, 3.05) is 11.9 Å². The summed E-state index contributed by atoms with van der Waals surface area (Å²) in [5.74, 6) is -0.0117. The van der Waals surface area contributed by atoms with Crippen molar-refractivity contribution in [2.24, 2.45) is 0 Å². The summed E-state index contributed by atoms with van der Waals surface area (Å²) in [5, 5.41) is 2.83. The lowest BCUT2D eigenvalue weighted by Gasteiger charge is -2.18.